The third-order valence-corrected chi connectivity index (χ3v) is 4.50. The van der Waals surface area contributed by atoms with Crippen molar-refractivity contribution in [3.05, 3.63) is 65.2 Å². The van der Waals surface area contributed by atoms with Gasteiger partial charge in [0.25, 0.3) is 10.1 Å². The number of carbonyl (C=O) groups is 1. The van der Waals surface area contributed by atoms with E-state index in [2.05, 4.69) is 5.32 Å². The molecule has 1 N–H and O–H groups in total. The minimum Gasteiger partial charge on any atom is -0.352 e. The minimum atomic E-state index is -3.78. The molecule has 2 aromatic carbocycles. The smallest absolute Gasteiger partial charge is 0.297 e. The normalized spacial score (nSPS) is 11.2. The van der Waals surface area contributed by atoms with E-state index in [-0.39, 0.29) is 17.4 Å². The quantitative estimate of drug-likeness (QED) is 0.825. The molecule has 0 aliphatic heterocycles. The Bertz CT molecular complexity index is 782. The van der Waals surface area contributed by atoms with Crippen LogP contribution in [0.4, 0.5) is 0 Å². The second-order valence-electron chi connectivity index (χ2n) is 5.26. The molecule has 2 aromatic rings. The minimum absolute atomic E-state index is 0.0515. The van der Waals surface area contributed by atoms with E-state index in [0.717, 1.165) is 16.7 Å². The molecular weight excluding hydrogens is 314 g/mol. The number of hydrogen-bond donors (Lipinski definition) is 1. The van der Waals surface area contributed by atoms with Crippen molar-refractivity contribution in [1.29, 1.82) is 0 Å². The first kappa shape index (κ1) is 17.2. The van der Waals surface area contributed by atoms with Crippen LogP contribution in [0.2, 0.25) is 0 Å². The highest BCUT2D eigenvalue weighted by molar-refractivity contribution is 7.86. The van der Waals surface area contributed by atoms with Crippen LogP contribution in [-0.4, -0.2) is 14.3 Å². The number of rotatable bonds is 6. The van der Waals surface area contributed by atoms with E-state index in [1.54, 1.807) is 30.3 Å². The molecule has 122 valence electrons. The van der Waals surface area contributed by atoms with Crippen LogP contribution in [0.1, 0.15) is 23.6 Å². The summed E-state index contributed by atoms with van der Waals surface area (Å²) in [6.07, 6.45) is 0. The topological polar surface area (TPSA) is 72.5 Å². The fourth-order valence-corrected chi connectivity index (χ4v) is 2.87. The molecule has 0 spiro atoms. The fraction of sp³-hybridized carbons (Fsp3) is 0.235. The zero-order valence-corrected chi connectivity index (χ0v) is 13.9. The van der Waals surface area contributed by atoms with Gasteiger partial charge in [0.15, 0.2) is 0 Å². The van der Waals surface area contributed by atoms with Crippen molar-refractivity contribution < 1.29 is 17.4 Å². The maximum absolute atomic E-state index is 12.1. The van der Waals surface area contributed by atoms with Gasteiger partial charge in [-0.3, -0.25) is 8.98 Å². The van der Waals surface area contributed by atoms with Crippen LogP contribution >= 0.6 is 0 Å². The molecule has 0 aliphatic rings. The Balaban J connectivity index is 2.03. The number of aryl methyl sites for hydroxylation is 1. The van der Waals surface area contributed by atoms with Gasteiger partial charge in [-0.2, -0.15) is 8.42 Å². The lowest BCUT2D eigenvalue weighted by Crippen LogP contribution is -2.18. The van der Waals surface area contributed by atoms with E-state index in [4.69, 9.17) is 4.18 Å². The molecule has 6 heteroatoms. The first-order chi connectivity index (χ1) is 10.9. The first-order valence-corrected chi connectivity index (χ1v) is 8.56. The molecule has 0 fully saturated rings. The Kier molecular flexibility index (Phi) is 5.52. The molecule has 0 aliphatic carbocycles. The molecule has 0 saturated carbocycles. The van der Waals surface area contributed by atoms with Crippen LogP contribution in [-0.2, 0) is 32.2 Å². The second-order valence-corrected chi connectivity index (χ2v) is 6.87. The highest BCUT2D eigenvalue weighted by Crippen LogP contribution is 2.16. The molecular formula is C17H19NO4S. The molecule has 5 nitrogen and oxygen atoms in total. The predicted molar refractivity (Wildman–Crippen MR) is 87.1 cm³/mol. The zero-order chi connectivity index (χ0) is 16.9. The van der Waals surface area contributed by atoms with Crippen LogP contribution in [0.5, 0.6) is 0 Å². The number of carbonyl (C=O) groups excluding carboxylic acids is 1. The van der Waals surface area contributed by atoms with Crippen molar-refractivity contribution in [3.63, 3.8) is 0 Å². The van der Waals surface area contributed by atoms with E-state index in [1.165, 1.54) is 19.1 Å². The Morgan fingerprint density at radius 3 is 2.39 bits per heavy atom. The summed E-state index contributed by atoms with van der Waals surface area (Å²) >= 11 is 0. The van der Waals surface area contributed by atoms with Gasteiger partial charge in [-0.25, -0.2) is 0 Å². The van der Waals surface area contributed by atoms with Crippen molar-refractivity contribution >= 4 is 16.0 Å². The summed E-state index contributed by atoms with van der Waals surface area (Å²) in [6, 6.07) is 13.7. The summed E-state index contributed by atoms with van der Waals surface area (Å²) in [7, 11) is -3.78. The van der Waals surface area contributed by atoms with Gasteiger partial charge in [0, 0.05) is 13.5 Å². The molecule has 23 heavy (non-hydrogen) atoms. The molecule has 0 bridgehead atoms. The van der Waals surface area contributed by atoms with Crippen LogP contribution in [0.3, 0.4) is 0 Å². The number of hydrogen-bond acceptors (Lipinski definition) is 4. The van der Waals surface area contributed by atoms with Gasteiger partial charge < -0.3 is 5.32 Å². The van der Waals surface area contributed by atoms with Crippen LogP contribution in [0.25, 0.3) is 0 Å². The Hall–Kier alpha value is -2.18. The Morgan fingerprint density at radius 2 is 1.74 bits per heavy atom. The van der Waals surface area contributed by atoms with E-state index in [0.29, 0.717) is 6.54 Å². The largest absolute Gasteiger partial charge is 0.352 e. The lowest BCUT2D eigenvalue weighted by atomic mass is 10.1. The fourth-order valence-electron chi connectivity index (χ4n) is 1.97. The third-order valence-electron chi connectivity index (χ3n) is 3.22. The average Bonchev–Trinajstić information content (AvgIpc) is 2.52. The van der Waals surface area contributed by atoms with Crippen molar-refractivity contribution in [3.8, 4) is 0 Å². The highest BCUT2D eigenvalue weighted by atomic mass is 32.2. The van der Waals surface area contributed by atoms with Crippen molar-refractivity contribution in [1.82, 2.24) is 5.32 Å². The van der Waals surface area contributed by atoms with Gasteiger partial charge in [0.2, 0.25) is 5.91 Å². The first-order valence-electron chi connectivity index (χ1n) is 7.15. The second kappa shape index (κ2) is 7.39. The van der Waals surface area contributed by atoms with Crippen molar-refractivity contribution in [2.75, 3.05) is 0 Å². The molecule has 0 saturated heterocycles. The summed E-state index contributed by atoms with van der Waals surface area (Å²) in [6.45, 7) is 3.68. The number of benzene rings is 2. The van der Waals surface area contributed by atoms with Gasteiger partial charge >= 0.3 is 0 Å². The maximum atomic E-state index is 12.1. The van der Waals surface area contributed by atoms with Crippen molar-refractivity contribution in [2.24, 2.45) is 0 Å². The monoisotopic (exact) mass is 333 g/mol. The van der Waals surface area contributed by atoms with E-state index < -0.39 is 10.1 Å². The van der Waals surface area contributed by atoms with Gasteiger partial charge in [-0.15, -0.1) is 0 Å². The highest BCUT2D eigenvalue weighted by Gasteiger charge is 2.15. The molecule has 0 atom stereocenters. The number of nitrogens with one attached hydrogen (secondary N) is 1. The summed E-state index contributed by atoms with van der Waals surface area (Å²) < 4.78 is 29.4. The maximum Gasteiger partial charge on any atom is 0.297 e. The summed E-state index contributed by atoms with van der Waals surface area (Å²) in [5.74, 6) is -0.117. The third kappa shape index (κ3) is 5.19. The average molecular weight is 333 g/mol. The van der Waals surface area contributed by atoms with E-state index >= 15 is 0 Å². The van der Waals surface area contributed by atoms with Gasteiger partial charge in [0.05, 0.1) is 11.5 Å². The SMILES string of the molecule is CC(=O)NCc1cccc(COS(=O)(=O)c2ccc(C)cc2)c1. The van der Waals surface area contributed by atoms with Gasteiger partial charge in [0.1, 0.15) is 0 Å². The molecule has 0 radical (unpaired) electrons. The lowest BCUT2D eigenvalue weighted by molar-refractivity contribution is -0.119. The molecule has 0 unspecified atom stereocenters. The lowest BCUT2D eigenvalue weighted by Gasteiger charge is -2.08. The summed E-state index contributed by atoms with van der Waals surface area (Å²) in [5, 5.41) is 2.69. The molecule has 0 heterocycles. The predicted octanol–water partition coefficient (Wildman–Crippen LogP) is 2.54. The summed E-state index contributed by atoms with van der Waals surface area (Å²) in [5.41, 5.74) is 2.59. The summed E-state index contributed by atoms with van der Waals surface area (Å²) in [4.78, 5) is 11.1. The van der Waals surface area contributed by atoms with Crippen molar-refractivity contribution in [2.45, 2.75) is 31.9 Å². The van der Waals surface area contributed by atoms with Gasteiger partial charge in [-0.05, 0) is 30.2 Å². The molecule has 2 rings (SSSR count). The van der Waals surface area contributed by atoms with Gasteiger partial charge in [-0.1, -0.05) is 42.0 Å². The Morgan fingerprint density at radius 1 is 1.09 bits per heavy atom. The van der Waals surface area contributed by atoms with Crippen LogP contribution in [0, 0.1) is 6.92 Å². The number of amides is 1. The Labute approximate surface area is 136 Å². The van der Waals surface area contributed by atoms with E-state index in [9.17, 15) is 13.2 Å². The molecule has 0 aromatic heterocycles. The molecule has 1 amide bonds. The van der Waals surface area contributed by atoms with Crippen LogP contribution < -0.4 is 5.32 Å². The zero-order valence-electron chi connectivity index (χ0n) is 13.1. The van der Waals surface area contributed by atoms with E-state index in [1.807, 2.05) is 13.0 Å². The standard InChI is InChI=1S/C17H19NO4S/c1-13-6-8-17(9-7-13)23(20,21)22-12-16-5-3-4-15(10-16)11-18-14(2)19/h3-10H,11-12H2,1-2H3,(H,18,19). The van der Waals surface area contributed by atoms with Crippen LogP contribution in [0.15, 0.2) is 53.4 Å².